The van der Waals surface area contributed by atoms with Gasteiger partial charge in [0.2, 0.25) is 0 Å². The second-order valence-corrected chi connectivity index (χ2v) is 6.57. The number of halogens is 2. The summed E-state index contributed by atoms with van der Waals surface area (Å²) in [6.45, 7) is 1.14. The summed E-state index contributed by atoms with van der Waals surface area (Å²) in [6.07, 6.45) is 0. The molecule has 152 valence electrons. The molecule has 0 heterocycles. The Labute approximate surface area is 188 Å². The van der Waals surface area contributed by atoms with Crippen LogP contribution in [0.15, 0.2) is 47.5 Å². The number of rotatable bonds is 6. The first-order chi connectivity index (χ1) is 12.9. The molecule has 0 saturated carbocycles. The second-order valence-electron chi connectivity index (χ2n) is 6.13. The highest BCUT2D eigenvalue weighted by Crippen LogP contribution is 2.22. The van der Waals surface area contributed by atoms with Crippen LogP contribution in [0.1, 0.15) is 21.5 Å². The minimum Gasteiger partial charge on any atom is -0.496 e. The lowest BCUT2D eigenvalue weighted by molar-refractivity contribution is 0.0827. The predicted molar refractivity (Wildman–Crippen MR) is 125 cm³/mol. The minimum absolute atomic E-state index is 0. The molecule has 0 unspecified atom stereocenters. The molecule has 0 bridgehead atoms. The first-order valence-electron chi connectivity index (χ1n) is 8.52. The van der Waals surface area contributed by atoms with Crippen molar-refractivity contribution in [3.8, 4) is 5.75 Å². The van der Waals surface area contributed by atoms with Crippen molar-refractivity contribution >= 4 is 47.4 Å². The molecule has 2 rings (SSSR count). The van der Waals surface area contributed by atoms with Crippen molar-refractivity contribution in [2.24, 2.45) is 4.99 Å². The molecular weight excluding hydrogens is 491 g/mol. The zero-order valence-corrected chi connectivity index (χ0v) is 19.5. The smallest absolute Gasteiger partial charge is 0.253 e. The van der Waals surface area contributed by atoms with Crippen molar-refractivity contribution in [3.05, 3.63) is 64.2 Å². The van der Waals surface area contributed by atoms with Crippen molar-refractivity contribution in [1.29, 1.82) is 0 Å². The minimum atomic E-state index is -0.0103. The maximum Gasteiger partial charge on any atom is 0.253 e. The number of amides is 1. The molecular formula is C20H26ClIN4O2. The van der Waals surface area contributed by atoms with E-state index in [1.165, 1.54) is 0 Å². The highest BCUT2D eigenvalue weighted by atomic mass is 127. The fourth-order valence-electron chi connectivity index (χ4n) is 2.47. The Morgan fingerprint density at radius 2 is 1.75 bits per heavy atom. The number of methoxy groups -OCH3 is 1. The Morgan fingerprint density at radius 1 is 1.11 bits per heavy atom. The van der Waals surface area contributed by atoms with Gasteiger partial charge in [-0.2, -0.15) is 0 Å². The average molecular weight is 517 g/mol. The van der Waals surface area contributed by atoms with Crippen molar-refractivity contribution in [2.45, 2.75) is 13.1 Å². The van der Waals surface area contributed by atoms with E-state index in [0.29, 0.717) is 29.6 Å². The molecule has 2 aromatic carbocycles. The summed E-state index contributed by atoms with van der Waals surface area (Å²) in [6, 6.07) is 13.0. The Kier molecular flexibility index (Phi) is 10.1. The van der Waals surface area contributed by atoms with Crippen molar-refractivity contribution in [3.63, 3.8) is 0 Å². The zero-order chi connectivity index (χ0) is 19.8. The summed E-state index contributed by atoms with van der Waals surface area (Å²) in [5.41, 5.74) is 2.70. The second kappa shape index (κ2) is 11.8. The van der Waals surface area contributed by atoms with Gasteiger partial charge in [-0.25, -0.2) is 0 Å². The van der Waals surface area contributed by atoms with E-state index < -0.39 is 0 Å². The van der Waals surface area contributed by atoms with Crippen LogP contribution >= 0.6 is 35.6 Å². The summed E-state index contributed by atoms with van der Waals surface area (Å²) >= 11 is 5.99. The number of nitrogens with zero attached hydrogens (tertiary/aromatic N) is 2. The number of hydrogen-bond donors (Lipinski definition) is 2. The lowest BCUT2D eigenvalue weighted by atomic mass is 10.1. The number of carbonyl (C=O) groups is 1. The van der Waals surface area contributed by atoms with Crippen molar-refractivity contribution in [2.75, 3.05) is 28.3 Å². The van der Waals surface area contributed by atoms with Crippen molar-refractivity contribution in [1.82, 2.24) is 15.5 Å². The van der Waals surface area contributed by atoms with Crippen molar-refractivity contribution < 1.29 is 9.53 Å². The highest BCUT2D eigenvalue weighted by Gasteiger charge is 2.08. The summed E-state index contributed by atoms with van der Waals surface area (Å²) in [5.74, 6) is 1.39. The van der Waals surface area contributed by atoms with Crippen LogP contribution in [0, 0.1) is 0 Å². The van der Waals surface area contributed by atoms with Gasteiger partial charge in [0.05, 0.1) is 7.11 Å². The molecule has 0 aliphatic carbocycles. The van der Waals surface area contributed by atoms with E-state index in [-0.39, 0.29) is 29.9 Å². The van der Waals surface area contributed by atoms with Gasteiger partial charge in [-0.3, -0.25) is 9.79 Å². The van der Waals surface area contributed by atoms with Gasteiger partial charge in [-0.05, 0) is 29.8 Å². The molecule has 0 saturated heterocycles. The summed E-state index contributed by atoms with van der Waals surface area (Å²) < 4.78 is 5.35. The molecule has 0 fully saturated rings. The van der Waals surface area contributed by atoms with Crippen LogP contribution in [0.3, 0.4) is 0 Å². The molecule has 28 heavy (non-hydrogen) atoms. The first kappa shape index (κ1) is 24.0. The third-order valence-corrected chi connectivity index (χ3v) is 4.22. The molecule has 2 N–H and O–H groups in total. The van der Waals surface area contributed by atoms with Gasteiger partial charge in [-0.1, -0.05) is 29.8 Å². The van der Waals surface area contributed by atoms with Gasteiger partial charge in [0.15, 0.2) is 5.96 Å². The summed E-state index contributed by atoms with van der Waals surface area (Å²) in [7, 11) is 6.81. The third kappa shape index (κ3) is 6.87. The predicted octanol–water partition coefficient (Wildman–Crippen LogP) is 3.53. The van der Waals surface area contributed by atoms with E-state index in [9.17, 15) is 4.79 Å². The monoisotopic (exact) mass is 516 g/mol. The van der Waals surface area contributed by atoms with Crippen LogP contribution < -0.4 is 15.4 Å². The van der Waals surface area contributed by atoms with Crippen LogP contribution in [0.5, 0.6) is 5.75 Å². The fraction of sp³-hybridized carbons (Fsp3) is 0.300. The van der Waals surface area contributed by atoms with Crippen LogP contribution in [-0.2, 0) is 13.1 Å². The van der Waals surface area contributed by atoms with E-state index in [2.05, 4.69) is 15.6 Å². The van der Waals surface area contributed by atoms with Crippen LogP contribution in [0.25, 0.3) is 0 Å². The Morgan fingerprint density at radius 3 is 2.32 bits per heavy atom. The Hall–Kier alpha value is -2.00. The first-order valence-corrected chi connectivity index (χ1v) is 8.90. The van der Waals surface area contributed by atoms with Gasteiger partial charge in [0.1, 0.15) is 5.75 Å². The number of ether oxygens (including phenoxy) is 1. The topological polar surface area (TPSA) is 66.0 Å². The number of aliphatic imine (C=N–C) groups is 1. The number of guanidine groups is 1. The molecule has 0 atom stereocenters. The number of carbonyl (C=O) groups excluding carboxylic acids is 1. The molecule has 0 spiro atoms. The van der Waals surface area contributed by atoms with Gasteiger partial charge in [-0.15, -0.1) is 24.0 Å². The van der Waals surface area contributed by atoms with E-state index in [4.69, 9.17) is 16.3 Å². The maximum atomic E-state index is 11.9. The highest BCUT2D eigenvalue weighted by molar-refractivity contribution is 14.0. The van der Waals surface area contributed by atoms with Gasteiger partial charge < -0.3 is 20.3 Å². The molecule has 0 aliphatic rings. The molecule has 0 aromatic heterocycles. The normalized spacial score (nSPS) is 10.7. The molecule has 0 radical (unpaired) electrons. The van der Waals surface area contributed by atoms with Gasteiger partial charge >= 0.3 is 0 Å². The Bertz CT molecular complexity index is 810. The molecule has 1 amide bonds. The quantitative estimate of drug-likeness (QED) is 0.350. The van der Waals surface area contributed by atoms with Crippen LogP contribution in [0.2, 0.25) is 5.02 Å². The van der Waals surface area contributed by atoms with Crippen LogP contribution in [0.4, 0.5) is 0 Å². The van der Waals surface area contributed by atoms with E-state index in [1.54, 1.807) is 39.2 Å². The van der Waals surface area contributed by atoms with Gasteiger partial charge in [0.25, 0.3) is 5.91 Å². The standard InChI is InChI=1S/C20H25ClN4O2.HI/c1-22-20(24-13-16-9-10-17(21)11-18(16)27-4)23-12-14-5-7-15(8-6-14)19(26)25(2)3;/h5-11H,12-13H2,1-4H3,(H2,22,23,24);1H. The lowest BCUT2D eigenvalue weighted by Gasteiger charge is -2.14. The van der Waals surface area contributed by atoms with E-state index >= 15 is 0 Å². The lowest BCUT2D eigenvalue weighted by Crippen LogP contribution is -2.36. The third-order valence-electron chi connectivity index (χ3n) is 3.99. The summed E-state index contributed by atoms with van der Waals surface area (Å²) in [4.78, 5) is 17.7. The molecule has 6 nitrogen and oxygen atoms in total. The molecule has 2 aromatic rings. The fourth-order valence-corrected chi connectivity index (χ4v) is 2.64. The average Bonchev–Trinajstić information content (AvgIpc) is 2.68. The van der Waals surface area contributed by atoms with E-state index in [0.717, 1.165) is 16.9 Å². The van der Waals surface area contributed by atoms with E-state index in [1.807, 2.05) is 36.4 Å². The van der Waals surface area contributed by atoms with Gasteiger partial charge in [0, 0.05) is 50.4 Å². The number of hydrogen-bond acceptors (Lipinski definition) is 3. The SMILES string of the molecule is CN=C(NCc1ccc(C(=O)N(C)C)cc1)NCc1ccc(Cl)cc1OC.I. The number of benzene rings is 2. The number of nitrogens with one attached hydrogen (secondary N) is 2. The molecule has 8 heteroatoms. The molecule has 0 aliphatic heterocycles. The maximum absolute atomic E-state index is 11.9. The Balaban J connectivity index is 0.00000392. The largest absolute Gasteiger partial charge is 0.496 e. The zero-order valence-electron chi connectivity index (χ0n) is 16.5. The van der Waals surface area contributed by atoms with Crippen LogP contribution in [-0.4, -0.2) is 45.0 Å². The summed E-state index contributed by atoms with van der Waals surface area (Å²) in [5, 5.41) is 7.14.